The number of anilines is 1. The van der Waals surface area contributed by atoms with Crippen LogP contribution in [0.1, 0.15) is 0 Å². The largest absolute Gasteiger partial charge is 0.497 e. The molecule has 6 heteroatoms. The smallest absolute Gasteiger partial charge is 0.227 e. The Labute approximate surface area is 126 Å². The third-order valence-corrected chi connectivity index (χ3v) is 3.09. The maximum absolute atomic E-state index is 5.74. The van der Waals surface area contributed by atoms with Gasteiger partial charge in [-0.05, 0) is 54.7 Å². The Hall–Kier alpha value is -2.60. The van der Waals surface area contributed by atoms with E-state index in [4.69, 9.17) is 27.1 Å². The van der Waals surface area contributed by atoms with E-state index in [0.29, 0.717) is 11.5 Å². The van der Waals surface area contributed by atoms with Crippen molar-refractivity contribution in [1.82, 2.24) is 4.98 Å². The summed E-state index contributed by atoms with van der Waals surface area (Å²) in [4.78, 5) is 4.47. The molecule has 3 N–H and O–H groups in total. The Morgan fingerprint density at radius 1 is 1.24 bits per heavy atom. The Bertz CT molecular complexity index is 796. The minimum absolute atomic E-state index is 0.216. The number of nitrogens with two attached hydrogens (primary N) is 1. The summed E-state index contributed by atoms with van der Waals surface area (Å²) in [5.41, 5.74) is 8.56. The predicted octanol–water partition coefficient (Wildman–Crippen LogP) is 3.16. The molecule has 0 atom stereocenters. The zero-order valence-electron chi connectivity index (χ0n) is 11.3. The first-order valence-corrected chi connectivity index (χ1v) is 6.68. The van der Waals surface area contributed by atoms with E-state index in [0.717, 1.165) is 22.5 Å². The number of ether oxygens (including phenoxy) is 1. The van der Waals surface area contributed by atoms with Crippen LogP contribution in [0.2, 0.25) is 0 Å². The van der Waals surface area contributed by atoms with E-state index in [2.05, 4.69) is 10.3 Å². The highest BCUT2D eigenvalue weighted by Crippen LogP contribution is 2.27. The second-order valence-corrected chi connectivity index (χ2v) is 4.86. The van der Waals surface area contributed by atoms with Crippen LogP contribution < -0.4 is 15.8 Å². The highest BCUT2D eigenvalue weighted by molar-refractivity contribution is 7.80. The lowest BCUT2D eigenvalue weighted by Crippen LogP contribution is -2.18. The van der Waals surface area contributed by atoms with E-state index in [-0.39, 0.29) is 5.11 Å². The number of methoxy groups -OCH3 is 1. The van der Waals surface area contributed by atoms with Gasteiger partial charge in [0.05, 0.1) is 7.11 Å². The summed E-state index contributed by atoms with van der Waals surface area (Å²) in [6.07, 6.45) is 0. The number of rotatable bonds is 3. The van der Waals surface area contributed by atoms with Gasteiger partial charge < -0.3 is 20.2 Å². The van der Waals surface area contributed by atoms with E-state index in [9.17, 15) is 0 Å². The molecule has 3 rings (SSSR count). The van der Waals surface area contributed by atoms with Crippen LogP contribution in [-0.2, 0) is 0 Å². The lowest BCUT2D eigenvalue weighted by atomic mass is 10.2. The molecule has 0 fully saturated rings. The Balaban J connectivity index is 1.97. The Morgan fingerprint density at radius 3 is 2.67 bits per heavy atom. The summed E-state index contributed by atoms with van der Waals surface area (Å²) in [6, 6.07) is 13.0. The summed E-state index contributed by atoms with van der Waals surface area (Å²) >= 11 is 4.82. The number of thiocarbonyl (C=S) groups is 1. The number of fused-ring (bicyclic) bond motifs is 1. The minimum Gasteiger partial charge on any atom is -0.497 e. The maximum Gasteiger partial charge on any atom is 0.227 e. The maximum atomic E-state index is 5.74. The van der Waals surface area contributed by atoms with E-state index in [1.165, 1.54) is 0 Å². The van der Waals surface area contributed by atoms with Crippen molar-refractivity contribution in [3.63, 3.8) is 0 Å². The first-order chi connectivity index (χ1) is 10.2. The molecule has 3 aromatic rings. The molecule has 0 aliphatic rings. The number of hydrogen-bond acceptors (Lipinski definition) is 4. The monoisotopic (exact) mass is 299 g/mol. The summed E-state index contributed by atoms with van der Waals surface area (Å²) in [7, 11) is 1.63. The normalized spacial score (nSPS) is 10.5. The molecular weight excluding hydrogens is 286 g/mol. The second kappa shape index (κ2) is 5.41. The van der Waals surface area contributed by atoms with Gasteiger partial charge >= 0.3 is 0 Å². The summed E-state index contributed by atoms with van der Waals surface area (Å²) in [5.74, 6) is 1.35. The first-order valence-electron chi connectivity index (χ1n) is 6.27. The van der Waals surface area contributed by atoms with Gasteiger partial charge in [-0.15, -0.1) is 0 Å². The number of benzene rings is 2. The van der Waals surface area contributed by atoms with Crippen molar-refractivity contribution in [3.05, 3.63) is 42.5 Å². The molecule has 0 amide bonds. The van der Waals surface area contributed by atoms with Crippen molar-refractivity contribution >= 4 is 34.1 Å². The van der Waals surface area contributed by atoms with Crippen LogP contribution in [0.25, 0.3) is 22.6 Å². The average molecular weight is 299 g/mol. The molecule has 5 nitrogen and oxygen atoms in total. The molecule has 106 valence electrons. The fourth-order valence-electron chi connectivity index (χ4n) is 2.00. The molecule has 0 radical (unpaired) electrons. The van der Waals surface area contributed by atoms with Crippen LogP contribution in [0, 0.1) is 0 Å². The highest BCUT2D eigenvalue weighted by atomic mass is 32.1. The zero-order chi connectivity index (χ0) is 14.8. The quantitative estimate of drug-likeness (QED) is 0.724. The highest BCUT2D eigenvalue weighted by Gasteiger charge is 2.09. The van der Waals surface area contributed by atoms with Crippen molar-refractivity contribution in [3.8, 4) is 17.2 Å². The van der Waals surface area contributed by atoms with Gasteiger partial charge in [0.2, 0.25) is 5.89 Å². The number of nitrogens with zero attached hydrogens (tertiary/aromatic N) is 1. The molecule has 2 aromatic carbocycles. The SMILES string of the molecule is COc1ccc(-c2nc3cc(NC(N)=S)ccc3o2)cc1. The molecule has 21 heavy (non-hydrogen) atoms. The second-order valence-electron chi connectivity index (χ2n) is 4.42. The van der Waals surface area contributed by atoms with Crippen LogP contribution in [-0.4, -0.2) is 17.2 Å². The van der Waals surface area contributed by atoms with Gasteiger partial charge in [-0.25, -0.2) is 4.98 Å². The van der Waals surface area contributed by atoms with Gasteiger partial charge in [-0.1, -0.05) is 0 Å². The molecule has 0 aliphatic carbocycles. The van der Waals surface area contributed by atoms with E-state index in [1.807, 2.05) is 42.5 Å². The summed E-state index contributed by atoms with van der Waals surface area (Å²) < 4.78 is 10.9. The third-order valence-electron chi connectivity index (χ3n) is 2.99. The molecule has 0 unspecified atom stereocenters. The van der Waals surface area contributed by atoms with Crippen molar-refractivity contribution < 1.29 is 9.15 Å². The summed E-state index contributed by atoms with van der Waals surface area (Å²) in [6.45, 7) is 0. The molecule has 0 saturated heterocycles. The molecule has 1 heterocycles. The van der Waals surface area contributed by atoms with Crippen LogP contribution in [0.5, 0.6) is 5.75 Å². The van der Waals surface area contributed by atoms with Crippen LogP contribution in [0.4, 0.5) is 5.69 Å². The molecule has 1 aromatic heterocycles. The Morgan fingerprint density at radius 2 is 2.00 bits per heavy atom. The molecule has 0 saturated carbocycles. The van der Waals surface area contributed by atoms with Gasteiger partial charge in [-0.2, -0.15) is 0 Å². The van der Waals surface area contributed by atoms with Gasteiger partial charge in [0.25, 0.3) is 0 Å². The van der Waals surface area contributed by atoms with Gasteiger partial charge in [0.15, 0.2) is 10.7 Å². The predicted molar refractivity (Wildman–Crippen MR) is 86.4 cm³/mol. The zero-order valence-corrected chi connectivity index (χ0v) is 12.1. The van der Waals surface area contributed by atoms with Crippen LogP contribution in [0.3, 0.4) is 0 Å². The van der Waals surface area contributed by atoms with E-state index in [1.54, 1.807) is 7.11 Å². The van der Waals surface area contributed by atoms with Gasteiger partial charge in [0, 0.05) is 11.3 Å². The fourth-order valence-corrected chi connectivity index (χ4v) is 2.12. The number of nitrogens with one attached hydrogen (secondary N) is 1. The summed E-state index contributed by atoms with van der Waals surface area (Å²) in [5, 5.41) is 3.09. The Kier molecular flexibility index (Phi) is 3.45. The minimum atomic E-state index is 0.216. The van der Waals surface area contributed by atoms with Crippen molar-refractivity contribution in [2.75, 3.05) is 12.4 Å². The molecular formula is C15H13N3O2S. The van der Waals surface area contributed by atoms with Crippen molar-refractivity contribution in [2.24, 2.45) is 5.73 Å². The number of aromatic nitrogens is 1. The molecule has 0 spiro atoms. The number of hydrogen-bond donors (Lipinski definition) is 2. The van der Waals surface area contributed by atoms with Crippen molar-refractivity contribution in [2.45, 2.75) is 0 Å². The number of oxazole rings is 1. The van der Waals surface area contributed by atoms with Crippen LogP contribution in [0.15, 0.2) is 46.9 Å². The topological polar surface area (TPSA) is 73.3 Å². The first kappa shape index (κ1) is 13.4. The van der Waals surface area contributed by atoms with Crippen molar-refractivity contribution in [1.29, 1.82) is 0 Å². The lowest BCUT2D eigenvalue weighted by molar-refractivity contribution is 0.415. The standard InChI is InChI=1S/C15H13N3O2S/c1-19-11-5-2-9(3-6-11)14-18-12-8-10(17-15(16)21)4-7-13(12)20-14/h2-8H,1H3,(H3,16,17,21). The van der Waals surface area contributed by atoms with E-state index < -0.39 is 0 Å². The molecule has 0 bridgehead atoms. The fraction of sp³-hybridized carbons (Fsp3) is 0.0667. The van der Waals surface area contributed by atoms with E-state index >= 15 is 0 Å². The third kappa shape index (κ3) is 2.80. The van der Waals surface area contributed by atoms with Gasteiger partial charge in [0.1, 0.15) is 11.3 Å². The van der Waals surface area contributed by atoms with Gasteiger partial charge in [-0.3, -0.25) is 0 Å². The van der Waals surface area contributed by atoms with Crippen LogP contribution >= 0.6 is 12.2 Å². The average Bonchev–Trinajstić information content (AvgIpc) is 2.90. The molecule has 0 aliphatic heterocycles. The lowest BCUT2D eigenvalue weighted by Gasteiger charge is -2.01.